The van der Waals surface area contributed by atoms with Crippen molar-refractivity contribution in [2.75, 3.05) is 5.73 Å². The predicted octanol–water partition coefficient (Wildman–Crippen LogP) is 1.84. The zero-order valence-corrected chi connectivity index (χ0v) is 11.1. The van der Waals surface area contributed by atoms with Crippen molar-refractivity contribution in [1.29, 1.82) is 5.26 Å². The summed E-state index contributed by atoms with van der Waals surface area (Å²) in [7, 11) is 0. The Kier molecular flexibility index (Phi) is 3.31. The van der Waals surface area contributed by atoms with E-state index in [1.54, 1.807) is 24.5 Å². The highest BCUT2D eigenvalue weighted by Gasteiger charge is 2.07. The summed E-state index contributed by atoms with van der Waals surface area (Å²) in [5, 5.41) is 13.1. The van der Waals surface area contributed by atoms with Crippen molar-refractivity contribution in [1.82, 2.24) is 19.7 Å². The van der Waals surface area contributed by atoms with Gasteiger partial charge in [0.2, 0.25) is 0 Å². The third-order valence-electron chi connectivity index (χ3n) is 3.11. The van der Waals surface area contributed by atoms with Gasteiger partial charge in [-0.1, -0.05) is 12.1 Å². The monoisotopic (exact) mass is 276 g/mol. The molecule has 0 bridgehead atoms. The molecule has 0 atom stereocenters. The number of hydrogen-bond acceptors (Lipinski definition) is 5. The van der Waals surface area contributed by atoms with Crippen molar-refractivity contribution in [3.05, 3.63) is 60.3 Å². The van der Waals surface area contributed by atoms with Crippen LogP contribution < -0.4 is 5.73 Å². The summed E-state index contributed by atoms with van der Waals surface area (Å²) in [5.41, 5.74) is 9.19. The number of hydrogen-bond donors (Lipinski definition) is 1. The molecule has 0 fully saturated rings. The molecule has 6 nitrogen and oxygen atoms in total. The van der Waals surface area contributed by atoms with Crippen molar-refractivity contribution in [2.24, 2.45) is 0 Å². The molecular formula is C15H12N6. The summed E-state index contributed by atoms with van der Waals surface area (Å²) < 4.78 is 1.81. The molecule has 0 unspecified atom stereocenters. The van der Waals surface area contributed by atoms with Gasteiger partial charge in [-0.2, -0.15) is 10.4 Å². The molecule has 0 radical (unpaired) electrons. The van der Waals surface area contributed by atoms with Crippen LogP contribution in [0.15, 0.2) is 49.2 Å². The topological polar surface area (TPSA) is 93.4 Å². The Bertz CT molecular complexity index is 798. The van der Waals surface area contributed by atoms with Gasteiger partial charge in [-0.15, -0.1) is 0 Å². The Morgan fingerprint density at radius 1 is 1.19 bits per heavy atom. The van der Waals surface area contributed by atoms with Crippen molar-refractivity contribution in [2.45, 2.75) is 6.54 Å². The standard InChI is InChI=1S/C15H12N6/c16-5-11-1-3-12(4-2-11)8-21-9-13(6-20-21)14-7-18-10-19-15(14)17/h1-4,6-7,9-10H,8H2,(H2,17,18,19). The van der Waals surface area contributed by atoms with Crippen LogP contribution in [0.1, 0.15) is 11.1 Å². The Morgan fingerprint density at radius 2 is 2.00 bits per heavy atom. The van der Waals surface area contributed by atoms with Gasteiger partial charge in [0.25, 0.3) is 0 Å². The largest absolute Gasteiger partial charge is 0.383 e. The van der Waals surface area contributed by atoms with E-state index in [0.29, 0.717) is 17.9 Å². The van der Waals surface area contributed by atoms with Crippen molar-refractivity contribution in [3.8, 4) is 17.2 Å². The van der Waals surface area contributed by atoms with Crippen LogP contribution >= 0.6 is 0 Å². The van der Waals surface area contributed by atoms with Crippen LogP contribution in [0.4, 0.5) is 5.82 Å². The molecule has 0 spiro atoms. The van der Waals surface area contributed by atoms with Crippen LogP contribution in [0.3, 0.4) is 0 Å². The Morgan fingerprint density at radius 3 is 2.71 bits per heavy atom. The van der Waals surface area contributed by atoms with E-state index in [0.717, 1.165) is 16.7 Å². The summed E-state index contributed by atoms with van der Waals surface area (Å²) in [6, 6.07) is 9.52. The lowest BCUT2D eigenvalue weighted by Crippen LogP contribution is -1.99. The minimum Gasteiger partial charge on any atom is -0.383 e. The second-order valence-electron chi connectivity index (χ2n) is 4.56. The number of rotatable bonds is 3. The average molecular weight is 276 g/mol. The third kappa shape index (κ3) is 2.72. The molecule has 2 heterocycles. The smallest absolute Gasteiger partial charge is 0.134 e. The maximum absolute atomic E-state index is 8.78. The van der Waals surface area contributed by atoms with Crippen molar-refractivity contribution in [3.63, 3.8) is 0 Å². The van der Waals surface area contributed by atoms with E-state index >= 15 is 0 Å². The molecule has 0 saturated carbocycles. The fraction of sp³-hybridized carbons (Fsp3) is 0.0667. The molecule has 0 amide bonds. The first kappa shape index (κ1) is 12.8. The fourth-order valence-electron chi connectivity index (χ4n) is 2.02. The lowest BCUT2D eigenvalue weighted by atomic mass is 10.1. The minimum absolute atomic E-state index is 0.433. The summed E-state index contributed by atoms with van der Waals surface area (Å²) in [4.78, 5) is 7.94. The van der Waals surface area contributed by atoms with Gasteiger partial charge in [0.05, 0.1) is 24.4 Å². The van der Waals surface area contributed by atoms with Crippen LogP contribution in [0, 0.1) is 11.3 Å². The van der Waals surface area contributed by atoms with Crippen LogP contribution in [0.2, 0.25) is 0 Å². The molecule has 21 heavy (non-hydrogen) atoms. The van der Waals surface area contributed by atoms with Gasteiger partial charge in [0.1, 0.15) is 12.1 Å². The number of benzene rings is 1. The van der Waals surface area contributed by atoms with Crippen molar-refractivity contribution < 1.29 is 0 Å². The number of nitriles is 1. The summed E-state index contributed by atoms with van der Waals surface area (Å²) in [6.07, 6.45) is 6.72. The van der Waals surface area contributed by atoms with Crippen LogP contribution in [-0.2, 0) is 6.54 Å². The molecule has 2 aromatic heterocycles. The van der Waals surface area contributed by atoms with Gasteiger partial charge >= 0.3 is 0 Å². The molecule has 3 rings (SSSR count). The maximum atomic E-state index is 8.78. The van der Waals surface area contributed by atoms with Gasteiger partial charge in [-0.3, -0.25) is 4.68 Å². The molecule has 0 aliphatic rings. The van der Waals surface area contributed by atoms with Gasteiger partial charge in [0, 0.05) is 23.5 Å². The van der Waals surface area contributed by atoms with E-state index in [4.69, 9.17) is 11.0 Å². The maximum Gasteiger partial charge on any atom is 0.134 e. The highest BCUT2D eigenvalue weighted by molar-refractivity contribution is 5.71. The summed E-state index contributed by atoms with van der Waals surface area (Å²) in [5.74, 6) is 0.433. The third-order valence-corrected chi connectivity index (χ3v) is 3.11. The normalized spacial score (nSPS) is 10.2. The molecule has 1 aromatic carbocycles. The van der Waals surface area contributed by atoms with Crippen LogP contribution in [0.5, 0.6) is 0 Å². The van der Waals surface area contributed by atoms with Gasteiger partial charge < -0.3 is 5.73 Å². The van der Waals surface area contributed by atoms with E-state index in [1.165, 1.54) is 6.33 Å². The first-order chi connectivity index (χ1) is 10.3. The number of anilines is 1. The number of nitrogens with zero attached hydrogens (tertiary/aromatic N) is 5. The molecular weight excluding hydrogens is 264 g/mol. The van der Waals surface area contributed by atoms with E-state index in [9.17, 15) is 0 Å². The second kappa shape index (κ2) is 5.43. The molecule has 0 saturated heterocycles. The Balaban J connectivity index is 1.82. The predicted molar refractivity (Wildman–Crippen MR) is 77.9 cm³/mol. The van der Waals surface area contributed by atoms with Gasteiger partial charge in [0.15, 0.2) is 0 Å². The molecule has 102 valence electrons. The average Bonchev–Trinajstić information content (AvgIpc) is 2.97. The Hall–Kier alpha value is -3.20. The van der Waals surface area contributed by atoms with Gasteiger partial charge in [-0.05, 0) is 17.7 Å². The van der Waals surface area contributed by atoms with E-state index < -0.39 is 0 Å². The molecule has 2 N–H and O–H groups in total. The highest BCUT2D eigenvalue weighted by atomic mass is 15.3. The van der Waals surface area contributed by atoms with Crippen LogP contribution in [0.25, 0.3) is 11.1 Å². The van der Waals surface area contributed by atoms with Crippen LogP contribution in [-0.4, -0.2) is 19.7 Å². The van der Waals surface area contributed by atoms with Gasteiger partial charge in [-0.25, -0.2) is 9.97 Å². The first-order valence-electron chi connectivity index (χ1n) is 6.33. The number of nitrogen functional groups attached to an aromatic ring is 1. The highest BCUT2D eigenvalue weighted by Crippen LogP contribution is 2.22. The molecule has 3 aromatic rings. The first-order valence-corrected chi connectivity index (χ1v) is 6.33. The quantitative estimate of drug-likeness (QED) is 0.787. The fourth-order valence-corrected chi connectivity index (χ4v) is 2.02. The van der Waals surface area contributed by atoms with E-state index in [2.05, 4.69) is 21.1 Å². The Labute approximate surface area is 121 Å². The molecule has 0 aliphatic carbocycles. The molecule has 0 aliphatic heterocycles. The SMILES string of the molecule is N#Cc1ccc(Cn2cc(-c3cncnc3N)cn2)cc1. The number of nitrogens with two attached hydrogens (primary N) is 1. The van der Waals surface area contributed by atoms with E-state index in [1.807, 2.05) is 23.0 Å². The lowest BCUT2D eigenvalue weighted by molar-refractivity contribution is 0.687. The minimum atomic E-state index is 0.433. The number of aromatic nitrogens is 4. The summed E-state index contributed by atoms with van der Waals surface area (Å²) >= 11 is 0. The van der Waals surface area contributed by atoms with E-state index in [-0.39, 0.29) is 0 Å². The zero-order valence-electron chi connectivity index (χ0n) is 11.1. The van der Waals surface area contributed by atoms with Crippen molar-refractivity contribution >= 4 is 5.82 Å². The lowest BCUT2D eigenvalue weighted by Gasteiger charge is -2.02. The zero-order chi connectivity index (χ0) is 14.7. The summed E-state index contributed by atoms with van der Waals surface area (Å²) in [6.45, 7) is 0.624. The second-order valence-corrected chi connectivity index (χ2v) is 4.56. The molecule has 6 heteroatoms.